The Morgan fingerprint density at radius 3 is 2.17 bits per heavy atom. The van der Waals surface area contributed by atoms with Gasteiger partial charge in [-0.3, -0.25) is 4.79 Å². The fraction of sp³-hybridized carbons (Fsp3) is 0.533. The van der Waals surface area contributed by atoms with Crippen LogP contribution in [0, 0.1) is 0 Å². The third kappa shape index (κ3) is 6.40. The van der Waals surface area contributed by atoms with Gasteiger partial charge in [-0.25, -0.2) is 0 Å². The van der Waals surface area contributed by atoms with E-state index in [1.54, 1.807) is 12.1 Å². The molecule has 0 amide bonds. The summed E-state index contributed by atoms with van der Waals surface area (Å²) in [5.41, 5.74) is 0.672. The van der Waals surface area contributed by atoms with Gasteiger partial charge in [-0.05, 0) is 37.1 Å². The van der Waals surface area contributed by atoms with E-state index in [9.17, 15) is 4.79 Å². The van der Waals surface area contributed by atoms with Gasteiger partial charge in [0, 0.05) is 12.2 Å². The van der Waals surface area contributed by atoms with Gasteiger partial charge >= 0.3 is 0 Å². The molecule has 0 unspecified atom stereocenters. The first-order valence-corrected chi connectivity index (χ1v) is 6.65. The van der Waals surface area contributed by atoms with Crippen molar-refractivity contribution in [2.24, 2.45) is 0 Å². The average molecular weight is 250 g/mol. The van der Waals surface area contributed by atoms with Crippen LogP contribution in [0.5, 0.6) is 5.75 Å². The predicted octanol–water partition coefficient (Wildman–Crippen LogP) is 3.21. The van der Waals surface area contributed by atoms with Crippen molar-refractivity contribution < 1.29 is 14.6 Å². The zero-order valence-corrected chi connectivity index (χ0v) is 10.8. The maximum atomic E-state index is 10.5. The highest BCUT2D eigenvalue weighted by Gasteiger charge is 1.95. The van der Waals surface area contributed by atoms with Crippen LogP contribution < -0.4 is 4.74 Å². The number of ether oxygens (including phenoxy) is 1. The van der Waals surface area contributed by atoms with E-state index in [0.717, 1.165) is 44.3 Å². The first-order chi connectivity index (χ1) is 8.86. The van der Waals surface area contributed by atoms with Crippen molar-refractivity contribution in [3.05, 3.63) is 29.8 Å². The lowest BCUT2D eigenvalue weighted by molar-refractivity contribution is 0.112. The summed E-state index contributed by atoms with van der Waals surface area (Å²) in [6.07, 6.45) is 7.47. The number of hydrogen-bond acceptors (Lipinski definition) is 3. The Kier molecular flexibility index (Phi) is 7.89. The highest BCUT2D eigenvalue weighted by atomic mass is 16.5. The lowest BCUT2D eigenvalue weighted by Crippen LogP contribution is -1.97. The zero-order valence-electron chi connectivity index (χ0n) is 10.8. The fourth-order valence-electron chi connectivity index (χ4n) is 1.75. The van der Waals surface area contributed by atoms with Crippen LogP contribution >= 0.6 is 0 Å². The second-order valence-corrected chi connectivity index (χ2v) is 4.38. The van der Waals surface area contributed by atoms with E-state index in [1.807, 2.05) is 12.1 Å². The first-order valence-electron chi connectivity index (χ1n) is 6.65. The number of unbranched alkanes of at least 4 members (excludes halogenated alkanes) is 5. The maximum absolute atomic E-state index is 10.5. The number of benzene rings is 1. The standard InChI is InChI=1S/C15H22O3/c16-11-5-3-1-2-4-6-12-18-15-9-7-14(13-17)8-10-15/h7-10,13,16H,1-6,11-12H2. The molecule has 0 atom stereocenters. The van der Waals surface area contributed by atoms with Crippen LogP contribution in [0.25, 0.3) is 0 Å². The number of rotatable bonds is 10. The summed E-state index contributed by atoms with van der Waals surface area (Å²) < 4.78 is 5.58. The molecule has 0 aliphatic carbocycles. The lowest BCUT2D eigenvalue weighted by atomic mass is 10.1. The van der Waals surface area contributed by atoms with Gasteiger partial charge in [-0.15, -0.1) is 0 Å². The van der Waals surface area contributed by atoms with E-state index in [-0.39, 0.29) is 0 Å². The molecular formula is C15H22O3. The summed E-state index contributed by atoms with van der Waals surface area (Å²) in [7, 11) is 0. The molecule has 3 heteroatoms. The third-order valence-electron chi connectivity index (χ3n) is 2.84. The van der Waals surface area contributed by atoms with Crippen molar-refractivity contribution in [1.82, 2.24) is 0 Å². The van der Waals surface area contributed by atoms with Gasteiger partial charge in [0.1, 0.15) is 12.0 Å². The van der Waals surface area contributed by atoms with E-state index in [2.05, 4.69) is 0 Å². The number of aliphatic hydroxyl groups is 1. The molecule has 0 heterocycles. The van der Waals surface area contributed by atoms with Gasteiger partial charge in [0.25, 0.3) is 0 Å². The molecule has 0 bridgehead atoms. The SMILES string of the molecule is O=Cc1ccc(OCCCCCCCCO)cc1. The third-order valence-corrected chi connectivity index (χ3v) is 2.84. The van der Waals surface area contributed by atoms with Crippen molar-refractivity contribution in [3.63, 3.8) is 0 Å². The number of carbonyl (C=O) groups excluding carboxylic acids is 1. The lowest BCUT2D eigenvalue weighted by Gasteiger charge is -2.06. The van der Waals surface area contributed by atoms with Gasteiger partial charge in [-0.1, -0.05) is 25.7 Å². The van der Waals surface area contributed by atoms with Crippen LogP contribution in [0.15, 0.2) is 24.3 Å². The summed E-state index contributed by atoms with van der Waals surface area (Å²) in [5.74, 6) is 0.820. The van der Waals surface area contributed by atoms with E-state index in [4.69, 9.17) is 9.84 Å². The molecule has 3 nitrogen and oxygen atoms in total. The Morgan fingerprint density at radius 1 is 0.944 bits per heavy atom. The molecule has 0 spiro atoms. The molecule has 1 N–H and O–H groups in total. The Hall–Kier alpha value is -1.35. The Balaban J connectivity index is 2.01. The molecule has 0 saturated heterocycles. The number of aldehydes is 1. The highest BCUT2D eigenvalue weighted by Crippen LogP contribution is 2.12. The number of carbonyl (C=O) groups is 1. The first kappa shape index (κ1) is 14.7. The molecule has 1 aromatic rings. The van der Waals surface area contributed by atoms with E-state index in [0.29, 0.717) is 12.2 Å². The molecule has 0 aliphatic heterocycles. The second kappa shape index (κ2) is 9.66. The molecule has 0 saturated carbocycles. The van der Waals surface area contributed by atoms with Gasteiger partial charge < -0.3 is 9.84 Å². The smallest absolute Gasteiger partial charge is 0.150 e. The Labute approximate surface area is 109 Å². The normalized spacial score (nSPS) is 10.3. The topological polar surface area (TPSA) is 46.5 Å². The van der Waals surface area contributed by atoms with E-state index < -0.39 is 0 Å². The maximum Gasteiger partial charge on any atom is 0.150 e. The van der Waals surface area contributed by atoms with Crippen LogP contribution in [-0.2, 0) is 0 Å². The Bertz CT molecular complexity index is 319. The van der Waals surface area contributed by atoms with Crippen LogP contribution in [0.4, 0.5) is 0 Å². The van der Waals surface area contributed by atoms with Crippen molar-refractivity contribution in [2.45, 2.75) is 38.5 Å². The van der Waals surface area contributed by atoms with Crippen LogP contribution in [0.1, 0.15) is 48.9 Å². The summed E-state index contributed by atoms with van der Waals surface area (Å²) in [4.78, 5) is 10.5. The summed E-state index contributed by atoms with van der Waals surface area (Å²) in [6.45, 7) is 1.03. The average Bonchev–Trinajstić information content (AvgIpc) is 2.42. The quantitative estimate of drug-likeness (QED) is 0.512. The molecule has 1 aromatic carbocycles. The zero-order chi connectivity index (χ0) is 13.1. The van der Waals surface area contributed by atoms with Gasteiger partial charge in [0.2, 0.25) is 0 Å². The van der Waals surface area contributed by atoms with Gasteiger partial charge in [0.05, 0.1) is 6.61 Å². The summed E-state index contributed by atoms with van der Waals surface area (Å²) >= 11 is 0. The number of hydrogen-bond donors (Lipinski definition) is 1. The minimum absolute atomic E-state index is 0.305. The molecule has 0 fully saturated rings. The van der Waals surface area contributed by atoms with Crippen molar-refractivity contribution in [3.8, 4) is 5.75 Å². The molecular weight excluding hydrogens is 228 g/mol. The van der Waals surface area contributed by atoms with Crippen molar-refractivity contribution in [2.75, 3.05) is 13.2 Å². The van der Waals surface area contributed by atoms with Crippen LogP contribution in [0.3, 0.4) is 0 Å². The van der Waals surface area contributed by atoms with E-state index in [1.165, 1.54) is 12.8 Å². The van der Waals surface area contributed by atoms with Crippen LogP contribution in [0.2, 0.25) is 0 Å². The molecule has 0 aromatic heterocycles. The van der Waals surface area contributed by atoms with Gasteiger partial charge in [-0.2, -0.15) is 0 Å². The predicted molar refractivity (Wildman–Crippen MR) is 72.1 cm³/mol. The van der Waals surface area contributed by atoms with Crippen LogP contribution in [-0.4, -0.2) is 24.6 Å². The number of aliphatic hydroxyl groups excluding tert-OH is 1. The largest absolute Gasteiger partial charge is 0.494 e. The molecule has 18 heavy (non-hydrogen) atoms. The van der Waals surface area contributed by atoms with Gasteiger partial charge in [0.15, 0.2) is 0 Å². The summed E-state index contributed by atoms with van der Waals surface area (Å²) in [6, 6.07) is 7.17. The minimum Gasteiger partial charge on any atom is -0.494 e. The molecule has 1 rings (SSSR count). The Morgan fingerprint density at radius 2 is 1.56 bits per heavy atom. The second-order valence-electron chi connectivity index (χ2n) is 4.38. The van der Waals surface area contributed by atoms with E-state index >= 15 is 0 Å². The molecule has 100 valence electrons. The van der Waals surface area contributed by atoms with Crippen molar-refractivity contribution in [1.29, 1.82) is 0 Å². The van der Waals surface area contributed by atoms with Crippen molar-refractivity contribution >= 4 is 6.29 Å². The fourth-order valence-corrected chi connectivity index (χ4v) is 1.75. The minimum atomic E-state index is 0.305. The molecule has 0 radical (unpaired) electrons. The summed E-state index contributed by atoms with van der Waals surface area (Å²) in [5, 5.41) is 8.63. The monoisotopic (exact) mass is 250 g/mol. The highest BCUT2D eigenvalue weighted by molar-refractivity contribution is 5.74. The molecule has 0 aliphatic rings.